The lowest BCUT2D eigenvalue weighted by Crippen LogP contribution is -2.36. The lowest BCUT2D eigenvalue weighted by Gasteiger charge is -2.26. The molecule has 21 heavy (non-hydrogen) atoms. The van der Waals surface area contributed by atoms with Crippen LogP contribution in [0.1, 0.15) is 39.2 Å². The number of rotatable bonds is 6. The number of hydrogen-bond acceptors (Lipinski definition) is 3. The number of anilines is 1. The van der Waals surface area contributed by atoms with Gasteiger partial charge in [-0.05, 0) is 61.5 Å². The average molecular weight is 350 g/mol. The first-order chi connectivity index (χ1) is 9.89. The van der Waals surface area contributed by atoms with E-state index in [1.54, 1.807) is 0 Å². The molecule has 114 valence electrons. The smallest absolute Gasteiger partial charge is 0.133 e. The standard InChI is InChI=1S/C17H24BrN3/c1-5-8-21(12-13-6-7-13)16-14(9-15(18)11-19-16)10-20-17(2,3)4/h1,9,11,13,20H,6-8,10,12H2,2-4H3. The van der Waals surface area contributed by atoms with Crippen molar-refractivity contribution in [3.63, 3.8) is 0 Å². The van der Waals surface area contributed by atoms with Gasteiger partial charge in [-0.3, -0.25) is 0 Å². The maximum absolute atomic E-state index is 5.54. The van der Waals surface area contributed by atoms with Gasteiger partial charge >= 0.3 is 0 Å². The second-order valence-electron chi connectivity index (χ2n) is 6.77. The molecule has 0 bridgehead atoms. The van der Waals surface area contributed by atoms with E-state index in [9.17, 15) is 0 Å². The zero-order valence-corrected chi connectivity index (χ0v) is 14.7. The molecule has 0 aliphatic heterocycles. The minimum Gasteiger partial charge on any atom is -0.345 e. The van der Waals surface area contributed by atoms with Gasteiger partial charge in [0, 0.05) is 34.9 Å². The van der Waals surface area contributed by atoms with Gasteiger partial charge in [0.2, 0.25) is 0 Å². The molecule has 1 aromatic rings. The van der Waals surface area contributed by atoms with Crippen molar-refractivity contribution in [2.45, 2.75) is 45.7 Å². The zero-order valence-electron chi connectivity index (χ0n) is 13.1. The third-order valence-electron chi connectivity index (χ3n) is 3.48. The van der Waals surface area contributed by atoms with Gasteiger partial charge in [-0.25, -0.2) is 4.98 Å². The van der Waals surface area contributed by atoms with E-state index >= 15 is 0 Å². The van der Waals surface area contributed by atoms with Gasteiger partial charge < -0.3 is 10.2 Å². The Labute approximate surface area is 136 Å². The van der Waals surface area contributed by atoms with Crippen molar-refractivity contribution in [1.82, 2.24) is 10.3 Å². The van der Waals surface area contributed by atoms with Crippen LogP contribution < -0.4 is 10.2 Å². The minimum absolute atomic E-state index is 0.0764. The SMILES string of the molecule is C#CCN(CC1CC1)c1ncc(Br)cc1CNC(C)(C)C. The summed E-state index contributed by atoms with van der Waals surface area (Å²) in [5.74, 6) is 4.57. The van der Waals surface area contributed by atoms with E-state index in [1.165, 1.54) is 18.4 Å². The summed E-state index contributed by atoms with van der Waals surface area (Å²) in [5.41, 5.74) is 1.27. The molecule has 0 saturated heterocycles. The van der Waals surface area contributed by atoms with Gasteiger partial charge in [-0.2, -0.15) is 0 Å². The Kier molecular flexibility index (Phi) is 5.29. The van der Waals surface area contributed by atoms with Crippen LogP contribution >= 0.6 is 15.9 Å². The number of nitrogens with one attached hydrogen (secondary N) is 1. The maximum atomic E-state index is 5.54. The van der Waals surface area contributed by atoms with Crippen LogP contribution in [0.2, 0.25) is 0 Å². The molecule has 1 aliphatic rings. The fourth-order valence-electron chi connectivity index (χ4n) is 2.20. The molecule has 1 N–H and O–H groups in total. The van der Waals surface area contributed by atoms with E-state index in [1.807, 2.05) is 6.20 Å². The Morgan fingerprint density at radius 3 is 2.76 bits per heavy atom. The van der Waals surface area contributed by atoms with Crippen LogP contribution in [0.3, 0.4) is 0 Å². The van der Waals surface area contributed by atoms with Crippen molar-refractivity contribution in [1.29, 1.82) is 0 Å². The summed E-state index contributed by atoms with van der Waals surface area (Å²) >= 11 is 3.52. The summed E-state index contributed by atoms with van der Waals surface area (Å²) in [4.78, 5) is 6.86. The van der Waals surface area contributed by atoms with Gasteiger partial charge in [0.25, 0.3) is 0 Å². The van der Waals surface area contributed by atoms with E-state index in [-0.39, 0.29) is 5.54 Å². The molecule has 0 amide bonds. The zero-order chi connectivity index (χ0) is 15.5. The lowest BCUT2D eigenvalue weighted by atomic mass is 10.1. The Morgan fingerprint density at radius 2 is 2.19 bits per heavy atom. The maximum Gasteiger partial charge on any atom is 0.133 e. The first-order valence-corrected chi connectivity index (χ1v) is 8.26. The van der Waals surface area contributed by atoms with Crippen LogP contribution in [0.5, 0.6) is 0 Å². The third-order valence-corrected chi connectivity index (χ3v) is 3.91. The summed E-state index contributed by atoms with van der Waals surface area (Å²) in [6, 6.07) is 2.14. The second kappa shape index (κ2) is 6.81. The molecule has 1 aliphatic carbocycles. The van der Waals surface area contributed by atoms with Gasteiger partial charge in [-0.1, -0.05) is 5.92 Å². The van der Waals surface area contributed by atoms with Crippen molar-refractivity contribution in [2.24, 2.45) is 5.92 Å². The first kappa shape index (κ1) is 16.3. The average Bonchev–Trinajstić information content (AvgIpc) is 3.19. The monoisotopic (exact) mass is 349 g/mol. The molecule has 1 aromatic heterocycles. The summed E-state index contributed by atoms with van der Waals surface area (Å²) in [5, 5.41) is 3.53. The van der Waals surface area contributed by atoms with Gasteiger partial charge in [0.05, 0.1) is 6.54 Å². The minimum atomic E-state index is 0.0764. The van der Waals surface area contributed by atoms with Crippen LogP contribution in [0, 0.1) is 18.3 Å². The predicted octanol–water partition coefficient (Wildman–Crippen LogP) is 3.58. The van der Waals surface area contributed by atoms with E-state index in [0.717, 1.165) is 29.3 Å². The normalized spacial score (nSPS) is 14.8. The summed E-state index contributed by atoms with van der Waals surface area (Å²) in [7, 11) is 0. The fourth-order valence-corrected chi connectivity index (χ4v) is 2.58. The van der Waals surface area contributed by atoms with Crippen molar-refractivity contribution >= 4 is 21.7 Å². The molecule has 3 nitrogen and oxygen atoms in total. The highest BCUT2D eigenvalue weighted by Crippen LogP contribution is 2.32. The molecule has 2 rings (SSSR count). The van der Waals surface area contributed by atoms with Crippen molar-refractivity contribution < 1.29 is 0 Å². The largest absolute Gasteiger partial charge is 0.345 e. The van der Waals surface area contributed by atoms with Crippen molar-refractivity contribution in [3.8, 4) is 12.3 Å². The fraction of sp³-hybridized carbons (Fsp3) is 0.588. The Balaban J connectivity index is 2.20. The molecular formula is C17H24BrN3. The Morgan fingerprint density at radius 1 is 1.48 bits per heavy atom. The molecular weight excluding hydrogens is 326 g/mol. The second-order valence-corrected chi connectivity index (χ2v) is 7.68. The molecule has 0 unspecified atom stereocenters. The summed E-state index contributed by atoms with van der Waals surface area (Å²) < 4.78 is 1.00. The Bertz CT molecular complexity index is 524. The topological polar surface area (TPSA) is 28.2 Å². The van der Waals surface area contributed by atoms with E-state index in [0.29, 0.717) is 6.54 Å². The number of nitrogens with zero attached hydrogens (tertiary/aromatic N) is 2. The molecule has 1 heterocycles. The van der Waals surface area contributed by atoms with E-state index in [2.05, 4.69) is 63.9 Å². The van der Waals surface area contributed by atoms with Gasteiger partial charge in [0.1, 0.15) is 5.82 Å². The summed E-state index contributed by atoms with van der Waals surface area (Å²) in [6.45, 7) is 8.93. The highest BCUT2D eigenvalue weighted by Gasteiger charge is 2.26. The molecule has 0 radical (unpaired) electrons. The number of pyridine rings is 1. The Hall–Kier alpha value is -1.05. The molecule has 0 aromatic carbocycles. The van der Waals surface area contributed by atoms with Gasteiger partial charge in [0.15, 0.2) is 0 Å². The van der Waals surface area contributed by atoms with E-state index < -0.39 is 0 Å². The van der Waals surface area contributed by atoms with E-state index in [4.69, 9.17) is 6.42 Å². The predicted molar refractivity (Wildman–Crippen MR) is 92.3 cm³/mol. The molecule has 4 heteroatoms. The van der Waals surface area contributed by atoms with Gasteiger partial charge in [-0.15, -0.1) is 6.42 Å². The highest BCUT2D eigenvalue weighted by atomic mass is 79.9. The molecule has 0 atom stereocenters. The quantitative estimate of drug-likeness (QED) is 0.795. The number of terminal acetylenes is 1. The van der Waals surface area contributed by atoms with Crippen LogP contribution in [0.4, 0.5) is 5.82 Å². The van der Waals surface area contributed by atoms with Crippen molar-refractivity contribution in [3.05, 3.63) is 22.3 Å². The van der Waals surface area contributed by atoms with Crippen LogP contribution in [-0.2, 0) is 6.54 Å². The van der Waals surface area contributed by atoms with Crippen LogP contribution in [0.15, 0.2) is 16.7 Å². The van der Waals surface area contributed by atoms with Crippen LogP contribution in [0.25, 0.3) is 0 Å². The molecule has 1 saturated carbocycles. The number of aromatic nitrogens is 1. The van der Waals surface area contributed by atoms with Crippen molar-refractivity contribution in [2.75, 3.05) is 18.0 Å². The lowest BCUT2D eigenvalue weighted by molar-refractivity contribution is 0.424. The highest BCUT2D eigenvalue weighted by molar-refractivity contribution is 9.10. The third kappa shape index (κ3) is 5.33. The summed E-state index contributed by atoms with van der Waals surface area (Å²) in [6.07, 6.45) is 10.0. The van der Waals surface area contributed by atoms with Crippen LogP contribution in [-0.4, -0.2) is 23.6 Å². The number of hydrogen-bond donors (Lipinski definition) is 1. The molecule has 0 spiro atoms. The molecule has 1 fully saturated rings. The first-order valence-electron chi connectivity index (χ1n) is 7.47. The number of halogens is 1.